The summed E-state index contributed by atoms with van der Waals surface area (Å²) in [7, 11) is -3.72. The van der Waals surface area contributed by atoms with Crippen molar-refractivity contribution < 1.29 is 16.8 Å². The molecular weight excluding hydrogens is 360 g/mol. The zero-order valence-corrected chi connectivity index (χ0v) is 14.8. The first kappa shape index (κ1) is 25.5. The molecule has 0 aromatic heterocycles. The number of benzene rings is 2. The Kier molecular flexibility index (Phi) is 11.2. The summed E-state index contributed by atoms with van der Waals surface area (Å²) in [4.78, 5) is 0.595. The van der Waals surface area contributed by atoms with Gasteiger partial charge in [-0.2, -0.15) is 0 Å². The molecule has 0 aliphatic rings. The Hall–Kier alpha value is -1.74. The lowest BCUT2D eigenvalue weighted by atomic mass is 10.2. The van der Waals surface area contributed by atoms with Crippen LogP contribution >= 0.6 is 0 Å². The molecule has 0 heterocycles. The molecule has 2 rings (SSSR count). The third-order valence-corrected chi connectivity index (χ3v) is 5.78. The highest BCUT2D eigenvalue weighted by molar-refractivity contribution is 7.89. The minimum absolute atomic E-state index is 0. The van der Waals surface area contributed by atoms with Crippen molar-refractivity contribution in [1.82, 2.24) is 9.44 Å². The van der Waals surface area contributed by atoms with E-state index in [0.717, 1.165) is 5.56 Å². The molecule has 0 aliphatic heterocycles. The van der Waals surface area contributed by atoms with E-state index in [2.05, 4.69) is 9.44 Å². The van der Waals surface area contributed by atoms with E-state index in [1.165, 1.54) is 14.1 Å². The van der Waals surface area contributed by atoms with Crippen LogP contribution in [0.4, 0.5) is 0 Å². The molecule has 8 heteroatoms. The van der Waals surface area contributed by atoms with Gasteiger partial charge in [-0.15, -0.1) is 0 Å². The molecule has 6 nitrogen and oxygen atoms in total. The first-order valence-electron chi connectivity index (χ1n) is 6.72. The molecule has 25 heavy (non-hydrogen) atoms. The topological polar surface area (TPSA) is 92.3 Å². The highest BCUT2D eigenvalue weighted by atomic mass is 32.2. The van der Waals surface area contributed by atoms with Crippen LogP contribution in [0.1, 0.15) is 20.4 Å². The molecular formula is C17H28N2O4S2. The van der Waals surface area contributed by atoms with Crippen LogP contribution in [0.2, 0.25) is 0 Å². The van der Waals surface area contributed by atoms with Crippen LogP contribution in [0.5, 0.6) is 0 Å². The van der Waals surface area contributed by atoms with Crippen molar-refractivity contribution in [2.45, 2.75) is 31.6 Å². The second-order valence-corrected chi connectivity index (χ2v) is 8.31. The maximum atomic E-state index is 11.2. The summed E-state index contributed by atoms with van der Waals surface area (Å²) in [6, 6.07) is 14.9. The van der Waals surface area contributed by atoms with E-state index in [-0.39, 0.29) is 14.9 Å². The van der Waals surface area contributed by atoms with Crippen LogP contribution in [0, 0.1) is 6.92 Å². The predicted molar refractivity (Wildman–Crippen MR) is 104 cm³/mol. The van der Waals surface area contributed by atoms with Gasteiger partial charge in [0.1, 0.15) is 0 Å². The van der Waals surface area contributed by atoms with Crippen LogP contribution in [-0.4, -0.2) is 30.9 Å². The fourth-order valence-corrected chi connectivity index (χ4v) is 3.03. The van der Waals surface area contributed by atoms with Gasteiger partial charge in [0.05, 0.1) is 9.79 Å². The number of aryl methyl sites for hydroxylation is 1. The van der Waals surface area contributed by atoms with Crippen molar-refractivity contribution in [3.05, 3.63) is 60.2 Å². The first-order valence-corrected chi connectivity index (χ1v) is 9.68. The summed E-state index contributed by atoms with van der Waals surface area (Å²) < 4.78 is 49.1. The lowest BCUT2D eigenvalue weighted by molar-refractivity contribution is 0.586. The minimum atomic E-state index is -3.26. The molecule has 0 unspecified atom stereocenters. The Labute approximate surface area is 152 Å². The third-order valence-electron chi connectivity index (χ3n) is 2.92. The molecule has 0 amide bonds. The summed E-state index contributed by atoms with van der Waals surface area (Å²) in [5.74, 6) is 0. The van der Waals surface area contributed by atoms with Gasteiger partial charge in [0.15, 0.2) is 0 Å². The standard InChI is InChI=1S/C8H11NO2S.C7H9NO2S.2CH4/c1-7-3-5-8(6-4-7)12(10,11)9-2;1-8-11(9,10)7-5-3-2-4-6-7;;/h3-6,9H,1-2H3;2-6,8H,1H3;2*1H4. The molecule has 2 N–H and O–H groups in total. The fourth-order valence-electron chi connectivity index (χ4n) is 1.55. The summed E-state index contributed by atoms with van der Waals surface area (Å²) >= 11 is 0. The molecule has 0 atom stereocenters. The van der Waals surface area contributed by atoms with Crippen molar-refractivity contribution in [1.29, 1.82) is 0 Å². The Morgan fingerprint density at radius 3 is 1.36 bits per heavy atom. The van der Waals surface area contributed by atoms with Crippen LogP contribution in [0.15, 0.2) is 64.4 Å². The number of nitrogens with one attached hydrogen (secondary N) is 2. The number of sulfonamides is 2. The zero-order valence-electron chi connectivity index (χ0n) is 13.1. The van der Waals surface area contributed by atoms with E-state index in [1.54, 1.807) is 54.6 Å². The number of rotatable bonds is 4. The van der Waals surface area contributed by atoms with Crippen molar-refractivity contribution in [3.63, 3.8) is 0 Å². The Balaban J connectivity index is 0. The van der Waals surface area contributed by atoms with Gasteiger partial charge in [0, 0.05) is 0 Å². The van der Waals surface area contributed by atoms with Crippen molar-refractivity contribution in [2.24, 2.45) is 0 Å². The van der Waals surface area contributed by atoms with E-state index in [4.69, 9.17) is 0 Å². The number of hydrogen-bond donors (Lipinski definition) is 2. The van der Waals surface area contributed by atoms with Gasteiger partial charge >= 0.3 is 0 Å². The molecule has 0 spiro atoms. The van der Waals surface area contributed by atoms with Gasteiger partial charge in [0.25, 0.3) is 0 Å². The summed E-state index contributed by atoms with van der Waals surface area (Å²) in [5.41, 5.74) is 1.05. The van der Waals surface area contributed by atoms with E-state index < -0.39 is 20.0 Å². The molecule has 0 bridgehead atoms. The molecule has 0 fully saturated rings. The largest absolute Gasteiger partial charge is 0.240 e. The zero-order chi connectivity index (χ0) is 17.5. The van der Waals surface area contributed by atoms with E-state index in [9.17, 15) is 16.8 Å². The van der Waals surface area contributed by atoms with Gasteiger partial charge in [0.2, 0.25) is 20.0 Å². The SMILES string of the molecule is C.C.CNS(=O)(=O)c1ccc(C)cc1.CNS(=O)(=O)c1ccccc1. The second-order valence-electron chi connectivity index (χ2n) is 4.54. The predicted octanol–water partition coefficient (Wildman–Crippen LogP) is 2.77. The van der Waals surface area contributed by atoms with Gasteiger partial charge in [-0.05, 0) is 45.3 Å². The average Bonchev–Trinajstić information content (AvgIpc) is 2.56. The highest BCUT2D eigenvalue weighted by Gasteiger charge is 2.09. The summed E-state index contributed by atoms with van der Waals surface area (Å²) in [6.45, 7) is 1.91. The summed E-state index contributed by atoms with van der Waals surface area (Å²) in [6.07, 6.45) is 0. The molecule has 2 aromatic carbocycles. The smallest absolute Gasteiger partial charge is 0.214 e. The van der Waals surface area contributed by atoms with Gasteiger partial charge < -0.3 is 0 Å². The fraction of sp³-hybridized carbons (Fsp3) is 0.294. The van der Waals surface area contributed by atoms with Crippen LogP contribution in [-0.2, 0) is 20.0 Å². The van der Waals surface area contributed by atoms with Crippen LogP contribution < -0.4 is 9.44 Å². The van der Waals surface area contributed by atoms with Gasteiger partial charge in [-0.25, -0.2) is 26.3 Å². The van der Waals surface area contributed by atoms with Crippen molar-refractivity contribution in [3.8, 4) is 0 Å². The van der Waals surface area contributed by atoms with Crippen molar-refractivity contribution >= 4 is 20.0 Å². The minimum Gasteiger partial charge on any atom is -0.214 e. The average molecular weight is 389 g/mol. The Bertz CT molecular complexity index is 817. The Morgan fingerprint density at radius 2 is 1.00 bits per heavy atom. The molecule has 0 saturated carbocycles. The third kappa shape index (κ3) is 7.78. The van der Waals surface area contributed by atoms with E-state index in [0.29, 0.717) is 9.79 Å². The molecule has 142 valence electrons. The Morgan fingerprint density at radius 1 is 0.640 bits per heavy atom. The second kappa shape index (κ2) is 11.0. The maximum Gasteiger partial charge on any atom is 0.240 e. The van der Waals surface area contributed by atoms with Crippen LogP contribution in [0.3, 0.4) is 0 Å². The van der Waals surface area contributed by atoms with Gasteiger partial charge in [-0.3, -0.25) is 0 Å². The van der Waals surface area contributed by atoms with E-state index in [1.807, 2.05) is 6.92 Å². The number of hydrogen-bond acceptors (Lipinski definition) is 4. The molecule has 0 aliphatic carbocycles. The van der Waals surface area contributed by atoms with E-state index >= 15 is 0 Å². The molecule has 2 aromatic rings. The summed E-state index contributed by atoms with van der Waals surface area (Å²) in [5, 5.41) is 0. The first-order chi connectivity index (χ1) is 10.7. The van der Waals surface area contributed by atoms with Crippen molar-refractivity contribution in [2.75, 3.05) is 14.1 Å². The molecule has 0 radical (unpaired) electrons. The van der Waals surface area contributed by atoms with Crippen LogP contribution in [0.25, 0.3) is 0 Å². The highest BCUT2D eigenvalue weighted by Crippen LogP contribution is 2.08. The quantitative estimate of drug-likeness (QED) is 0.842. The molecule has 0 saturated heterocycles. The monoisotopic (exact) mass is 388 g/mol. The van der Waals surface area contributed by atoms with Gasteiger partial charge in [-0.1, -0.05) is 50.7 Å². The lowest BCUT2D eigenvalue weighted by Crippen LogP contribution is -2.18. The lowest BCUT2D eigenvalue weighted by Gasteiger charge is -2.01. The maximum absolute atomic E-state index is 11.2. The normalized spacial score (nSPS) is 10.5.